The number of ether oxygens (including phenoxy) is 1. The van der Waals surface area contributed by atoms with Gasteiger partial charge in [0.25, 0.3) is 0 Å². The predicted octanol–water partition coefficient (Wildman–Crippen LogP) is 2.56. The third-order valence-corrected chi connectivity index (χ3v) is 3.12. The van der Waals surface area contributed by atoms with Gasteiger partial charge in [-0.05, 0) is 24.3 Å². The maximum atomic E-state index is 10.4. The molecule has 0 fully saturated rings. The smallest absolute Gasteiger partial charge is 0.125 e. The molecule has 1 aromatic heterocycles. The Morgan fingerprint density at radius 1 is 1.38 bits per heavy atom. The van der Waals surface area contributed by atoms with E-state index in [1.54, 1.807) is 18.4 Å². The molecule has 0 spiro atoms. The van der Waals surface area contributed by atoms with Gasteiger partial charge in [0.1, 0.15) is 17.0 Å². The average Bonchev–Trinajstić information content (AvgIpc) is 2.78. The van der Waals surface area contributed by atoms with E-state index in [0.29, 0.717) is 6.42 Å². The van der Waals surface area contributed by atoms with Crippen molar-refractivity contribution in [1.29, 1.82) is 0 Å². The topological polar surface area (TPSA) is 39.2 Å². The van der Waals surface area contributed by atoms with E-state index < -0.39 is 0 Å². The van der Waals surface area contributed by atoms with Gasteiger partial charge in [0.05, 0.1) is 12.8 Å². The van der Waals surface area contributed by atoms with Crippen molar-refractivity contribution in [3.8, 4) is 16.3 Å². The summed E-state index contributed by atoms with van der Waals surface area (Å²) in [4.78, 5) is 14.7. The van der Waals surface area contributed by atoms with Gasteiger partial charge in [-0.1, -0.05) is 0 Å². The first-order valence-electron chi connectivity index (χ1n) is 4.86. The van der Waals surface area contributed by atoms with Crippen LogP contribution in [0, 0.1) is 0 Å². The minimum Gasteiger partial charge on any atom is -0.497 e. The van der Waals surface area contributed by atoms with Crippen LogP contribution in [0.2, 0.25) is 0 Å². The lowest BCUT2D eigenvalue weighted by molar-refractivity contribution is -0.107. The summed E-state index contributed by atoms with van der Waals surface area (Å²) in [7, 11) is 1.64. The number of carbonyl (C=O) groups excluding carboxylic acids is 1. The van der Waals surface area contributed by atoms with E-state index in [9.17, 15) is 4.79 Å². The van der Waals surface area contributed by atoms with Crippen LogP contribution in [0.3, 0.4) is 0 Å². The Balaban J connectivity index is 2.24. The lowest BCUT2D eigenvalue weighted by atomic mass is 10.2. The maximum absolute atomic E-state index is 10.4. The molecule has 2 aromatic rings. The molecule has 0 saturated heterocycles. The van der Waals surface area contributed by atoms with E-state index >= 15 is 0 Å². The van der Waals surface area contributed by atoms with Crippen molar-refractivity contribution in [3.05, 3.63) is 35.3 Å². The molecule has 0 atom stereocenters. The van der Waals surface area contributed by atoms with Gasteiger partial charge in [0.2, 0.25) is 0 Å². The van der Waals surface area contributed by atoms with Crippen molar-refractivity contribution in [2.24, 2.45) is 0 Å². The standard InChI is InChI=1S/C12H11NO2S/c1-15-11-4-2-9(3-5-11)12-13-10(6-7-14)8-16-12/h2-5,7-8H,6H2,1H3. The number of benzene rings is 1. The fraction of sp³-hybridized carbons (Fsp3) is 0.167. The number of hydrogen-bond acceptors (Lipinski definition) is 4. The Hall–Kier alpha value is -1.68. The summed E-state index contributed by atoms with van der Waals surface area (Å²) in [5.74, 6) is 0.827. The van der Waals surface area contributed by atoms with E-state index in [-0.39, 0.29) is 0 Å². The highest BCUT2D eigenvalue weighted by atomic mass is 32.1. The molecule has 16 heavy (non-hydrogen) atoms. The number of carbonyl (C=O) groups is 1. The van der Waals surface area contributed by atoms with E-state index in [0.717, 1.165) is 28.3 Å². The number of hydrogen-bond donors (Lipinski definition) is 0. The molecule has 0 aliphatic heterocycles. The zero-order valence-electron chi connectivity index (χ0n) is 8.84. The number of thiazole rings is 1. The van der Waals surface area contributed by atoms with E-state index in [4.69, 9.17) is 4.74 Å². The molecule has 4 heteroatoms. The molecule has 0 radical (unpaired) electrons. The molecule has 0 bridgehead atoms. The van der Waals surface area contributed by atoms with Gasteiger partial charge in [-0.25, -0.2) is 4.98 Å². The van der Waals surface area contributed by atoms with Crippen LogP contribution in [0.5, 0.6) is 5.75 Å². The lowest BCUT2D eigenvalue weighted by Gasteiger charge is -1.99. The Bertz CT molecular complexity index is 476. The van der Waals surface area contributed by atoms with Crippen LogP contribution in [0.1, 0.15) is 5.69 Å². The largest absolute Gasteiger partial charge is 0.497 e. The highest BCUT2D eigenvalue weighted by molar-refractivity contribution is 7.13. The zero-order valence-corrected chi connectivity index (χ0v) is 9.66. The molecule has 1 aromatic carbocycles. The van der Waals surface area contributed by atoms with Crippen molar-refractivity contribution in [3.63, 3.8) is 0 Å². The summed E-state index contributed by atoms with van der Waals surface area (Å²) < 4.78 is 5.09. The highest BCUT2D eigenvalue weighted by Gasteiger charge is 2.04. The van der Waals surface area contributed by atoms with Gasteiger partial charge in [0.15, 0.2) is 0 Å². The predicted molar refractivity (Wildman–Crippen MR) is 63.9 cm³/mol. The van der Waals surface area contributed by atoms with Crippen LogP contribution in [0.25, 0.3) is 10.6 Å². The molecule has 82 valence electrons. The zero-order chi connectivity index (χ0) is 11.4. The maximum Gasteiger partial charge on any atom is 0.125 e. The highest BCUT2D eigenvalue weighted by Crippen LogP contribution is 2.25. The van der Waals surface area contributed by atoms with Crippen molar-refractivity contribution >= 4 is 17.6 Å². The lowest BCUT2D eigenvalue weighted by Crippen LogP contribution is -1.86. The van der Waals surface area contributed by atoms with Gasteiger partial charge in [0, 0.05) is 17.4 Å². The number of rotatable bonds is 4. The third-order valence-electron chi connectivity index (χ3n) is 2.18. The molecule has 0 aliphatic carbocycles. The Labute approximate surface area is 97.7 Å². The average molecular weight is 233 g/mol. The Kier molecular flexibility index (Phi) is 3.31. The van der Waals surface area contributed by atoms with Gasteiger partial charge < -0.3 is 9.53 Å². The molecular formula is C12H11NO2S. The SMILES string of the molecule is COc1ccc(-c2nc(CC=O)cs2)cc1. The second kappa shape index (κ2) is 4.90. The fourth-order valence-electron chi connectivity index (χ4n) is 1.35. The van der Waals surface area contributed by atoms with Crippen LogP contribution >= 0.6 is 11.3 Å². The summed E-state index contributed by atoms with van der Waals surface area (Å²) in [6.45, 7) is 0. The summed E-state index contributed by atoms with van der Waals surface area (Å²) in [6.07, 6.45) is 1.25. The molecule has 0 N–H and O–H groups in total. The molecule has 1 heterocycles. The molecule has 0 amide bonds. The molecule has 2 rings (SSSR count). The molecule has 0 unspecified atom stereocenters. The van der Waals surface area contributed by atoms with E-state index in [1.165, 1.54) is 0 Å². The third kappa shape index (κ3) is 2.28. The second-order valence-corrected chi connectivity index (χ2v) is 4.10. The normalized spacial score (nSPS) is 10.1. The minimum atomic E-state index is 0.382. The summed E-state index contributed by atoms with van der Waals surface area (Å²) in [5.41, 5.74) is 1.87. The van der Waals surface area contributed by atoms with Gasteiger partial charge in [-0.3, -0.25) is 0 Å². The summed E-state index contributed by atoms with van der Waals surface area (Å²) >= 11 is 1.55. The van der Waals surface area contributed by atoms with Crippen LogP contribution in [-0.2, 0) is 11.2 Å². The molecule has 0 aliphatic rings. The summed E-state index contributed by atoms with van der Waals surface area (Å²) in [6, 6.07) is 7.72. The number of nitrogens with zero attached hydrogens (tertiary/aromatic N) is 1. The first kappa shape index (κ1) is 10.8. The summed E-state index contributed by atoms with van der Waals surface area (Å²) in [5, 5.41) is 2.84. The second-order valence-electron chi connectivity index (χ2n) is 3.24. The Morgan fingerprint density at radius 2 is 2.12 bits per heavy atom. The molecule has 0 saturated carbocycles. The van der Waals surface area contributed by atoms with Crippen LogP contribution in [-0.4, -0.2) is 18.4 Å². The monoisotopic (exact) mass is 233 g/mol. The first-order chi connectivity index (χ1) is 7.83. The van der Waals surface area contributed by atoms with Crippen LogP contribution < -0.4 is 4.74 Å². The first-order valence-corrected chi connectivity index (χ1v) is 5.74. The van der Waals surface area contributed by atoms with Crippen molar-refractivity contribution in [1.82, 2.24) is 4.98 Å². The van der Waals surface area contributed by atoms with Gasteiger partial charge in [-0.2, -0.15) is 0 Å². The minimum absolute atomic E-state index is 0.382. The number of aldehydes is 1. The quantitative estimate of drug-likeness (QED) is 0.762. The fourth-order valence-corrected chi connectivity index (χ4v) is 2.19. The van der Waals surface area contributed by atoms with Gasteiger partial charge >= 0.3 is 0 Å². The van der Waals surface area contributed by atoms with Crippen molar-refractivity contribution < 1.29 is 9.53 Å². The molecular weight excluding hydrogens is 222 g/mol. The Morgan fingerprint density at radius 3 is 2.75 bits per heavy atom. The number of methoxy groups -OCH3 is 1. The molecule has 3 nitrogen and oxygen atoms in total. The van der Waals surface area contributed by atoms with E-state index in [1.807, 2.05) is 29.6 Å². The van der Waals surface area contributed by atoms with Gasteiger partial charge in [-0.15, -0.1) is 11.3 Å². The van der Waals surface area contributed by atoms with Crippen LogP contribution in [0.4, 0.5) is 0 Å². The number of aromatic nitrogens is 1. The van der Waals surface area contributed by atoms with Crippen LogP contribution in [0.15, 0.2) is 29.6 Å². The van der Waals surface area contributed by atoms with E-state index in [2.05, 4.69) is 4.98 Å². The van der Waals surface area contributed by atoms with Crippen molar-refractivity contribution in [2.75, 3.05) is 7.11 Å². The van der Waals surface area contributed by atoms with Crippen molar-refractivity contribution in [2.45, 2.75) is 6.42 Å².